The summed E-state index contributed by atoms with van der Waals surface area (Å²) in [4.78, 5) is 11.6. The number of benzene rings is 1. The predicted octanol–water partition coefficient (Wildman–Crippen LogP) is 3.95. The molecule has 20 heavy (non-hydrogen) atoms. The van der Waals surface area contributed by atoms with Crippen molar-refractivity contribution < 1.29 is 18.3 Å². The molecule has 0 aromatic heterocycles. The molecule has 1 aromatic carbocycles. The van der Waals surface area contributed by atoms with Crippen molar-refractivity contribution in [2.24, 2.45) is 0 Å². The second-order valence-electron chi connectivity index (χ2n) is 4.49. The number of ether oxygens (including phenoxy) is 1. The van der Waals surface area contributed by atoms with E-state index in [1.54, 1.807) is 31.4 Å². The molecule has 0 heterocycles. The lowest BCUT2D eigenvalue weighted by Crippen LogP contribution is -2.24. The number of carbonyl (C=O) groups is 1. The number of hydrogen-bond acceptors (Lipinski definition) is 3. The first-order valence-corrected chi connectivity index (χ1v) is 6.54. The van der Waals surface area contributed by atoms with Crippen molar-refractivity contribution in [3.05, 3.63) is 35.5 Å². The zero-order valence-electron chi connectivity index (χ0n) is 10.9. The van der Waals surface area contributed by atoms with Crippen LogP contribution in [0.15, 0.2) is 35.5 Å². The molecule has 1 N–H and O–H groups in total. The van der Waals surface area contributed by atoms with Gasteiger partial charge in [0.15, 0.2) is 0 Å². The van der Waals surface area contributed by atoms with Gasteiger partial charge >= 0.3 is 5.38 Å². The van der Waals surface area contributed by atoms with E-state index in [0.29, 0.717) is 36.4 Å². The fraction of sp³-hybridized carbons (Fsp3) is 0.357. The normalized spacial score (nSPS) is 15.4. The number of hydrogen-bond donors (Lipinski definition) is 1. The van der Waals surface area contributed by atoms with Crippen molar-refractivity contribution in [3.8, 4) is 5.75 Å². The Hall–Kier alpha value is -1.62. The molecule has 108 valence electrons. The molecule has 0 aliphatic heterocycles. The molecular formula is C14H14ClF2NO2. The molecule has 0 saturated heterocycles. The standard InChI is InChI=1S/C14H14ClF2NO2/c1-20-10-7-5-9(6-8-10)18-12-4-2-3-11(12)13(19)14(15,16)17/h5-8,18H,2-4H2,1H3. The summed E-state index contributed by atoms with van der Waals surface area (Å²) in [6, 6.07) is 7.00. The van der Waals surface area contributed by atoms with E-state index >= 15 is 0 Å². The number of nitrogens with one attached hydrogen (secondary N) is 1. The third kappa shape index (κ3) is 3.28. The second kappa shape index (κ2) is 5.79. The molecule has 0 atom stereocenters. The lowest BCUT2D eigenvalue weighted by molar-refractivity contribution is -0.129. The third-order valence-corrected chi connectivity index (χ3v) is 3.31. The number of halogens is 3. The smallest absolute Gasteiger partial charge is 0.384 e. The van der Waals surface area contributed by atoms with Gasteiger partial charge in [0, 0.05) is 17.0 Å². The van der Waals surface area contributed by atoms with E-state index in [0.717, 1.165) is 0 Å². The van der Waals surface area contributed by atoms with Gasteiger partial charge in [0.1, 0.15) is 5.75 Å². The molecule has 0 saturated carbocycles. The van der Waals surface area contributed by atoms with Crippen molar-refractivity contribution in [3.63, 3.8) is 0 Å². The largest absolute Gasteiger partial charge is 0.497 e. The van der Waals surface area contributed by atoms with Gasteiger partial charge in [-0.3, -0.25) is 4.79 Å². The summed E-state index contributed by atoms with van der Waals surface area (Å²) in [6.45, 7) is 0. The summed E-state index contributed by atoms with van der Waals surface area (Å²) in [5, 5.41) is -0.834. The van der Waals surface area contributed by atoms with Crippen LogP contribution in [-0.4, -0.2) is 18.3 Å². The number of rotatable bonds is 5. The Morgan fingerprint density at radius 1 is 1.30 bits per heavy atom. The highest BCUT2D eigenvalue weighted by Crippen LogP contribution is 2.34. The summed E-state index contributed by atoms with van der Waals surface area (Å²) < 4.78 is 30.9. The molecule has 0 fully saturated rings. The summed E-state index contributed by atoms with van der Waals surface area (Å²) in [5.74, 6) is -0.618. The van der Waals surface area contributed by atoms with Gasteiger partial charge in [0.2, 0.25) is 5.78 Å². The maximum atomic E-state index is 12.9. The molecule has 1 aromatic rings. The van der Waals surface area contributed by atoms with E-state index in [1.165, 1.54) is 0 Å². The van der Waals surface area contributed by atoms with Crippen LogP contribution < -0.4 is 10.1 Å². The van der Waals surface area contributed by atoms with Gasteiger partial charge in [-0.2, -0.15) is 8.78 Å². The Kier molecular flexibility index (Phi) is 4.28. The maximum Gasteiger partial charge on any atom is 0.384 e. The van der Waals surface area contributed by atoms with Gasteiger partial charge < -0.3 is 10.1 Å². The van der Waals surface area contributed by atoms with Crippen LogP contribution in [0, 0.1) is 0 Å². The first-order valence-electron chi connectivity index (χ1n) is 6.16. The van der Waals surface area contributed by atoms with E-state index in [1.807, 2.05) is 0 Å². The van der Waals surface area contributed by atoms with Crippen LogP contribution >= 0.6 is 11.6 Å². The molecule has 1 aliphatic rings. The summed E-state index contributed by atoms with van der Waals surface area (Å²) >= 11 is 4.81. The van der Waals surface area contributed by atoms with E-state index in [4.69, 9.17) is 16.3 Å². The number of carbonyl (C=O) groups excluding carboxylic acids is 1. The fourth-order valence-corrected chi connectivity index (χ4v) is 2.27. The van der Waals surface area contributed by atoms with Crippen LogP contribution in [0.1, 0.15) is 19.3 Å². The van der Waals surface area contributed by atoms with Gasteiger partial charge in [-0.1, -0.05) is 0 Å². The van der Waals surface area contributed by atoms with E-state index in [2.05, 4.69) is 5.32 Å². The van der Waals surface area contributed by atoms with Crippen molar-refractivity contribution in [2.75, 3.05) is 12.4 Å². The summed E-state index contributed by atoms with van der Waals surface area (Å²) in [5.41, 5.74) is 1.31. The molecule has 2 rings (SSSR count). The van der Waals surface area contributed by atoms with Crippen LogP contribution in [-0.2, 0) is 4.79 Å². The second-order valence-corrected chi connectivity index (χ2v) is 4.97. The SMILES string of the molecule is COc1ccc(NC2=C(C(=O)C(F)(F)Cl)CCC2)cc1. The Labute approximate surface area is 120 Å². The molecule has 0 unspecified atom stereocenters. The first-order chi connectivity index (χ1) is 9.41. The average molecular weight is 302 g/mol. The van der Waals surface area contributed by atoms with E-state index in [9.17, 15) is 13.6 Å². The topological polar surface area (TPSA) is 38.3 Å². The zero-order valence-corrected chi connectivity index (χ0v) is 11.6. The monoisotopic (exact) mass is 301 g/mol. The molecule has 1 aliphatic carbocycles. The van der Waals surface area contributed by atoms with Crippen molar-refractivity contribution in [2.45, 2.75) is 24.6 Å². The van der Waals surface area contributed by atoms with Crippen LogP contribution in [0.5, 0.6) is 5.75 Å². The number of alkyl halides is 3. The van der Waals surface area contributed by atoms with Crippen molar-refractivity contribution in [1.82, 2.24) is 0 Å². The van der Waals surface area contributed by atoms with Gasteiger partial charge in [-0.05, 0) is 55.1 Å². The van der Waals surface area contributed by atoms with E-state index in [-0.39, 0.29) is 5.57 Å². The minimum absolute atomic E-state index is 0.0841. The molecular weight excluding hydrogens is 288 g/mol. The lowest BCUT2D eigenvalue weighted by atomic mass is 10.1. The molecule has 3 nitrogen and oxygen atoms in total. The summed E-state index contributed by atoms with van der Waals surface area (Å²) in [6.07, 6.45) is 1.53. The Bertz CT molecular complexity index is 535. The Morgan fingerprint density at radius 3 is 2.50 bits per heavy atom. The Morgan fingerprint density at radius 2 is 1.95 bits per heavy atom. The molecule has 0 radical (unpaired) electrons. The van der Waals surface area contributed by atoms with Crippen LogP contribution in [0.2, 0.25) is 0 Å². The molecule has 0 bridgehead atoms. The van der Waals surface area contributed by atoms with Crippen LogP contribution in [0.4, 0.5) is 14.5 Å². The van der Waals surface area contributed by atoms with Crippen LogP contribution in [0.3, 0.4) is 0 Å². The number of allylic oxidation sites excluding steroid dienone is 2. The predicted molar refractivity (Wildman–Crippen MR) is 73.3 cm³/mol. The third-order valence-electron chi connectivity index (χ3n) is 3.13. The number of Topliss-reactive ketones (excluding diaryl/α,β-unsaturated/α-hetero) is 1. The molecule has 0 amide bonds. The fourth-order valence-electron chi connectivity index (χ4n) is 2.15. The lowest BCUT2D eigenvalue weighted by Gasteiger charge is -2.12. The maximum absolute atomic E-state index is 12.9. The van der Waals surface area contributed by atoms with Gasteiger partial charge in [-0.25, -0.2) is 0 Å². The van der Waals surface area contributed by atoms with Crippen molar-refractivity contribution in [1.29, 1.82) is 0 Å². The molecule has 0 spiro atoms. The highest BCUT2D eigenvalue weighted by atomic mass is 35.5. The quantitative estimate of drug-likeness (QED) is 0.837. The minimum Gasteiger partial charge on any atom is -0.497 e. The van der Waals surface area contributed by atoms with Gasteiger partial charge in [0.05, 0.1) is 7.11 Å². The Balaban J connectivity index is 2.19. The van der Waals surface area contributed by atoms with E-state index < -0.39 is 11.2 Å². The minimum atomic E-state index is -3.84. The van der Waals surface area contributed by atoms with Gasteiger partial charge in [-0.15, -0.1) is 0 Å². The molecule has 6 heteroatoms. The number of anilines is 1. The number of ketones is 1. The average Bonchev–Trinajstić information content (AvgIpc) is 2.85. The van der Waals surface area contributed by atoms with Crippen molar-refractivity contribution >= 4 is 23.1 Å². The van der Waals surface area contributed by atoms with Crippen LogP contribution in [0.25, 0.3) is 0 Å². The first kappa shape index (κ1) is 14.8. The summed E-state index contributed by atoms with van der Waals surface area (Å²) in [7, 11) is 1.56. The highest BCUT2D eigenvalue weighted by Gasteiger charge is 2.40. The van der Waals surface area contributed by atoms with Gasteiger partial charge in [0.25, 0.3) is 0 Å². The highest BCUT2D eigenvalue weighted by molar-refractivity contribution is 6.35. The zero-order chi connectivity index (χ0) is 14.8. The number of methoxy groups -OCH3 is 1.